The Morgan fingerprint density at radius 2 is 1.38 bits per heavy atom. The summed E-state index contributed by atoms with van der Waals surface area (Å²) >= 11 is 10.2. The van der Waals surface area contributed by atoms with Crippen LogP contribution < -0.4 is 21.3 Å². The van der Waals surface area contributed by atoms with Gasteiger partial charge >= 0.3 is 0 Å². The second kappa shape index (κ2) is 9.02. The van der Waals surface area contributed by atoms with E-state index in [0.717, 1.165) is 5.56 Å². The third-order valence-electron chi connectivity index (χ3n) is 3.20. The molecular formula is C18H18N4O2S2. The molecule has 0 spiro atoms. The van der Waals surface area contributed by atoms with Crippen molar-refractivity contribution in [1.82, 2.24) is 10.6 Å². The van der Waals surface area contributed by atoms with E-state index in [1.165, 1.54) is 6.92 Å². The molecule has 0 aromatic heterocycles. The van der Waals surface area contributed by atoms with Gasteiger partial charge in [0.05, 0.1) is 0 Å². The van der Waals surface area contributed by atoms with Crippen molar-refractivity contribution < 1.29 is 9.59 Å². The zero-order valence-electron chi connectivity index (χ0n) is 14.3. The maximum absolute atomic E-state index is 12.2. The molecule has 0 fully saturated rings. The van der Waals surface area contributed by atoms with Crippen molar-refractivity contribution in [3.05, 3.63) is 59.7 Å². The van der Waals surface area contributed by atoms with Gasteiger partial charge in [-0.15, -0.1) is 0 Å². The standard InChI is InChI=1S/C18H18N4O2S2/c1-11-4-3-5-13(10-11)16(24)22-18(26)21-15-8-6-14(7-9-15)20-17(25)19-12(2)23/h3-10H,1-2H3,(H2,19,20,23,25)(H2,21,22,24,26). The van der Waals surface area contributed by atoms with Crippen LogP contribution in [-0.4, -0.2) is 22.0 Å². The number of rotatable bonds is 3. The van der Waals surface area contributed by atoms with Crippen LogP contribution in [-0.2, 0) is 4.79 Å². The van der Waals surface area contributed by atoms with Crippen molar-refractivity contribution in [3.63, 3.8) is 0 Å². The Morgan fingerprint density at radius 3 is 1.88 bits per heavy atom. The lowest BCUT2D eigenvalue weighted by Crippen LogP contribution is -2.34. The first-order valence-electron chi connectivity index (χ1n) is 7.71. The quantitative estimate of drug-likeness (QED) is 0.607. The summed E-state index contributed by atoms with van der Waals surface area (Å²) < 4.78 is 0. The predicted octanol–water partition coefficient (Wildman–Crippen LogP) is 2.95. The number of benzene rings is 2. The largest absolute Gasteiger partial charge is 0.332 e. The molecule has 26 heavy (non-hydrogen) atoms. The number of amides is 2. The Bertz CT molecular complexity index is 851. The molecule has 4 N–H and O–H groups in total. The Labute approximate surface area is 162 Å². The van der Waals surface area contributed by atoms with Crippen molar-refractivity contribution in [1.29, 1.82) is 0 Å². The van der Waals surface area contributed by atoms with Crippen molar-refractivity contribution >= 4 is 57.8 Å². The smallest absolute Gasteiger partial charge is 0.257 e. The van der Waals surface area contributed by atoms with Gasteiger partial charge in [-0.1, -0.05) is 17.7 Å². The number of anilines is 2. The summed E-state index contributed by atoms with van der Waals surface area (Å²) in [4.78, 5) is 23.1. The molecular weight excluding hydrogens is 368 g/mol. The molecule has 134 valence electrons. The highest BCUT2D eigenvalue weighted by Crippen LogP contribution is 2.13. The number of aryl methyl sites for hydroxylation is 1. The minimum atomic E-state index is -0.273. The fourth-order valence-corrected chi connectivity index (χ4v) is 2.56. The molecule has 0 unspecified atom stereocenters. The van der Waals surface area contributed by atoms with Gasteiger partial charge in [0.25, 0.3) is 5.91 Å². The van der Waals surface area contributed by atoms with Gasteiger partial charge in [-0.25, -0.2) is 0 Å². The number of carbonyl (C=O) groups excluding carboxylic acids is 2. The second-order valence-electron chi connectivity index (χ2n) is 5.49. The minimum absolute atomic E-state index is 0.200. The van der Waals surface area contributed by atoms with E-state index < -0.39 is 0 Å². The van der Waals surface area contributed by atoms with Crippen molar-refractivity contribution in [2.45, 2.75) is 13.8 Å². The van der Waals surface area contributed by atoms with Crippen LogP contribution in [0, 0.1) is 6.92 Å². The Morgan fingerprint density at radius 1 is 0.846 bits per heavy atom. The van der Waals surface area contributed by atoms with Crippen LogP contribution in [0.1, 0.15) is 22.8 Å². The maximum atomic E-state index is 12.2. The Hall–Kier alpha value is -2.84. The van der Waals surface area contributed by atoms with E-state index in [9.17, 15) is 9.59 Å². The summed E-state index contributed by atoms with van der Waals surface area (Å²) in [5.74, 6) is -0.513. The van der Waals surface area contributed by atoms with E-state index in [-0.39, 0.29) is 22.0 Å². The summed E-state index contributed by atoms with van der Waals surface area (Å²) in [6.07, 6.45) is 0. The van der Waals surface area contributed by atoms with Crippen LogP contribution in [0.3, 0.4) is 0 Å². The van der Waals surface area contributed by atoms with Gasteiger partial charge < -0.3 is 16.0 Å². The number of nitrogens with one attached hydrogen (secondary N) is 4. The first kappa shape index (κ1) is 19.5. The van der Waals surface area contributed by atoms with Gasteiger partial charge in [-0.05, 0) is 67.8 Å². The SMILES string of the molecule is CC(=O)NC(=S)Nc1ccc(NC(=S)NC(=O)c2cccc(C)c2)cc1. The van der Waals surface area contributed by atoms with Gasteiger partial charge in [0.1, 0.15) is 0 Å². The molecule has 8 heteroatoms. The molecule has 0 aliphatic carbocycles. The number of carbonyl (C=O) groups is 2. The molecule has 2 aromatic rings. The summed E-state index contributed by atoms with van der Waals surface area (Å²) in [7, 11) is 0. The van der Waals surface area contributed by atoms with Crippen LogP contribution >= 0.6 is 24.4 Å². The fraction of sp³-hybridized carbons (Fsp3) is 0.111. The lowest BCUT2D eigenvalue weighted by atomic mass is 10.1. The topological polar surface area (TPSA) is 82.3 Å². The van der Waals surface area contributed by atoms with Crippen LogP contribution in [0.15, 0.2) is 48.5 Å². The number of hydrogen-bond donors (Lipinski definition) is 4. The number of thiocarbonyl (C=S) groups is 2. The molecule has 0 saturated heterocycles. The van der Waals surface area contributed by atoms with E-state index >= 15 is 0 Å². The van der Waals surface area contributed by atoms with Crippen LogP contribution in [0.25, 0.3) is 0 Å². The van der Waals surface area contributed by atoms with Gasteiger partial charge in [0, 0.05) is 23.9 Å². The molecule has 0 heterocycles. The van der Waals surface area contributed by atoms with Gasteiger partial charge in [0.2, 0.25) is 5.91 Å². The molecule has 0 aliphatic heterocycles. The molecule has 0 bridgehead atoms. The molecule has 2 rings (SSSR count). The van der Waals surface area contributed by atoms with Crippen LogP contribution in [0.5, 0.6) is 0 Å². The summed E-state index contributed by atoms with van der Waals surface area (Å²) in [6, 6.07) is 14.3. The zero-order chi connectivity index (χ0) is 19.1. The Kier molecular flexibility index (Phi) is 6.76. The maximum Gasteiger partial charge on any atom is 0.257 e. The van der Waals surface area contributed by atoms with E-state index in [0.29, 0.717) is 16.9 Å². The zero-order valence-corrected chi connectivity index (χ0v) is 15.9. The van der Waals surface area contributed by atoms with Crippen LogP contribution in [0.4, 0.5) is 11.4 Å². The lowest BCUT2D eigenvalue weighted by Gasteiger charge is -2.11. The van der Waals surface area contributed by atoms with E-state index in [2.05, 4.69) is 21.3 Å². The summed E-state index contributed by atoms with van der Waals surface area (Å²) in [6.45, 7) is 3.30. The highest BCUT2D eigenvalue weighted by atomic mass is 32.1. The van der Waals surface area contributed by atoms with Gasteiger partial charge in [0.15, 0.2) is 10.2 Å². The summed E-state index contributed by atoms with van der Waals surface area (Å²) in [5.41, 5.74) is 2.96. The highest BCUT2D eigenvalue weighted by Gasteiger charge is 2.08. The monoisotopic (exact) mass is 386 g/mol. The first-order valence-corrected chi connectivity index (χ1v) is 8.53. The molecule has 2 aromatic carbocycles. The average Bonchev–Trinajstić information content (AvgIpc) is 2.55. The van der Waals surface area contributed by atoms with Gasteiger partial charge in [-0.2, -0.15) is 0 Å². The molecule has 0 saturated carbocycles. The summed E-state index contributed by atoms with van der Waals surface area (Å²) in [5, 5.41) is 11.4. The minimum Gasteiger partial charge on any atom is -0.332 e. The van der Waals surface area contributed by atoms with Gasteiger partial charge in [-0.3, -0.25) is 14.9 Å². The molecule has 0 atom stereocenters. The Balaban J connectivity index is 1.90. The average molecular weight is 387 g/mol. The van der Waals surface area contributed by atoms with E-state index in [1.807, 2.05) is 19.1 Å². The molecule has 0 aliphatic rings. The highest BCUT2D eigenvalue weighted by molar-refractivity contribution is 7.80. The molecule has 6 nitrogen and oxygen atoms in total. The number of hydrogen-bond acceptors (Lipinski definition) is 4. The van der Waals surface area contributed by atoms with E-state index in [1.54, 1.807) is 36.4 Å². The van der Waals surface area contributed by atoms with Crippen molar-refractivity contribution in [3.8, 4) is 0 Å². The molecule has 2 amide bonds. The second-order valence-corrected chi connectivity index (χ2v) is 6.31. The fourth-order valence-electron chi connectivity index (χ4n) is 2.08. The van der Waals surface area contributed by atoms with Crippen molar-refractivity contribution in [2.75, 3.05) is 10.6 Å². The van der Waals surface area contributed by atoms with Crippen LogP contribution in [0.2, 0.25) is 0 Å². The predicted molar refractivity (Wildman–Crippen MR) is 111 cm³/mol. The third-order valence-corrected chi connectivity index (χ3v) is 3.61. The lowest BCUT2D eigenvalue weighted by molar-refractivity contribution is -0.117. The van der Waals surface area contributed by atoms with Crippen molar-refractivity contribution in [2.24, 2.45) is 0 Å². The normalized spacial score (nSPS) is 9.77. The molecule has 0 radical (unpaired) electrons. The van der Waals surface area contributed by atoms with E-state index in [4.69, 9.17) is 24.4 Å². The third kappa shape index (κ3) is 6.23. The first-order chi connectivity index (χ1) is 12.3.